The molecule has 0 radical (unpaired) electrons. The van der Waals surface area contributed by atoms with E-state index in [1.54, 1.807) is 4.90 Å². The molecule has 152 valence electrons. The van der Waals surface area contributed by atoms with Crippen LogP contribution in [0.1, 0.15) is 33.1 Å². The first-order valence-electron chi connectivity index (χ1n) is 9.87. The van der Waals surface area contributed by atoms with Gasteiger partial charge in [-0.2, -0.15) is 0 Å². The van der Waals surface area contributed by atoms with Crippen LogP contribution in [0.2, 0.25) is 0 Å². The molecule has 26 heavy (non-hydrogen) atoms. The number of nitrogens with one attached hydrogen (secondary N) is 2. The van der Waals surface area contributed by atoms with E-state index in [9.17, 15) is 9.00 Å². The van der Waals surface area contributed by atoms with E-state index in [0.717, 1.165) is 32.6 Å². The van der Waals surface area contributed by atoms with Crippen molar-refractivity contribution in [3.8, 4) is 0 Å². The molecule has 0 aromatic heterocycles. The zero-order valence-corrected chi connectivity index (χ0v) is 17.1. The van der Waals surface area contributed by atoms with Crippen LogP contribution < -0.4 is 5.32 Å². The van der Waals surface area contributed by atoms with Crippen molar-refractivity contribution in [2.75, 3.05) is 57.4 Å². The Morgan fingerprint density at radius 3 is 2.46 bits per heavy atom. The second kappa shape index (κ2) is 10.0. The fourth-order valence-electron chi connectivity index (χ4n) is 3.84. The number of piperazine rings is 1. The summed E-state index contributed by atoms with van der Waals surface area (Å²) in [4.78, 5) is 15.6. The summed E-state index contributed by atoms with van der Waals surface area (Å²) in [6, 6.07) is 0.262. The summed E-state index contributed by atoms with van der Waals surface area (Å²) in [5, 5.41) is 12.4. The van der Waals surface area contributed by atoms with Crippen molar-refractivity contribution in [2.24, 2.45) is 11.8 Å². The summed E-state index contributed by atoms with van der Waals surface area (Å²) in [7, 11) is -2.30. The van der Waals surface area contributed by atoms with Crippen molar-refractivity contribution in [1.29, 1.82) is 4.78 Å². The lowest BCUT2D eigenvalue weighted by atomic mass is 9.97. The van der Waals surface area contributed by atoms with Gasteiger partial charge in [0.1, 0.15) is 6.61 Å². The van der Waals surface area contributed by atoms with Crippen LogP contribution in [0.4, 0.5) is 0 Å². The summed E-state index contributed by atoms with van der Waals surface area (Å²) >= 11 is 0. The van der Waals surface area contributed by atoms with Gasteiger partial charge in [-0.3, -0.25) is 14.5 Å². The maximum absolute atomic E-state index is 11.7. The Hall–Kier alpha value is -0.700. The largest absolute Gasteiger partial charge is 0.387 e. The van der Waals surface area contributed by atoms with Crippen molar-refractivity contribution in [3.05, 3.63) is 0 Å². The van der Waals surface area contributed by atoms with Gasteiger partial charge in [-0.15, -0.1) is 0 Å². The van der Waals surface area contributed by atoms with Crippen LogP contribution in [-0.4, -0.2) is 88.4 Å². The predicted octanol–water partition coefficient (Wildman–Crippen LogP) is 0.584. The van der Waals surface area contributed by atoms with Crippen molar-refractivity contribution >= 4 is 15.6 Å². The van der Waals surface area contributed by atoms with E-state index in [2.05, 4.69) is 24.1 Å². The van der Waals surface area contributed by atoms with Crippen LogP contribution in [0.25, 0.3) is 0 Å². The van der Waals surface area contributed by atoms with Gasteiger partial charge in [-0.1, -0.05) is 13.8 Å². The highest BCUT2D eigenvalue weighted by Crippen LogP contribution is 2.16. The van der Waals surface area contributed by atoms with Gasteiger partial charge < -0.3 is 15.3 Å². The average Bonchev–Trinajstić information content (AvgIpc) is 2.97. The Morgan fingerprint density at radius 1 is 1.23 bits per heavy atom. The van der Waals surface area contributed by atoms with Gasteiger partial charge >= 0.3 is 0 Å². The fraction of sp³-hybridized carbons (Fsp3) is 0.944. The number of carbonyl (C=O) groups is 1. The SMILES string of the molecule is CC(CCC(C)CN1CCN(C(=O)CO)CC1)CN[C@H]1CC[S@@](=N)(=O)C1. The van der Waals surface area contributed by atoms with Gasteiger partial charge in [0.05, 0.1) is 0 Å². The van der Waals surface area contributed by atoms with Crippen LogP contribution in [-0.2, 0) is 14.5 Å². The lowest BCUT2D eigenvalue weighted by molar-refractivity contribution is -0.136. The summed E-state index contributed by atoms with van der Waals surface area (Å²) in [5.74, 6) is 2.10. The Balaban J connectivity index is 1.57. The number of aliphatic hydroxyl groups excluding tert-OH is 1. The van der Waals surface area contributed by atoms with Crippen molar-refractivity contribution in [3.63, 3.8) is 0 Å². The van der Waals surface area contributed by atoms with Crippen LogP contribution >= 0.6 is 0 Å². The molecular formula is C18H36N4O3S. The van der Waals surface area contributed by atoms with Crippen molar-refractivity contribution in [2.45, 2.75) is 39.2 Å². The van der Waals surface area contributed by atoms with E-state index in [4.69, 9.17) is 9.89 Å². The van der Waals surface area contributed by atoms with E-state index in [1.807, 2.05) is 0 Å². The zero-order chi connectivity index (χ0) is 19.2. The minimum Gasteiger partial charge on any atom is -0.387 e. The van der Waals surface area contributed by atoms with E-state index in [-0.39, 0.29) is 18.6 Å². The molecule has 2 rings (SSSR count). The number of amides is 1. The van der Waals surface area contributed by atoms with Crippen LogP contribution in [0, 0.1) is 16.6 Å². The molecule has 0 bridgehead atoms. The van der Waals surface area contributed by atoms with E-state index < -0.39 is 9.73 Å². The summed E-state index contributed by atoms with van der Waals surface area (Å²) in [6.45, 7) is 9.37. The van der Waals surface area contributed by atoms with Crippen molar-refractivity contribution < 1.29 is 14.1 Å². The molecule has 0 aromatic rings. The highest BCUT2D eigenvalue weighted by Gasteiger charge is 2.25. The van der Waals surface area contributed by atoms with Crippen molar-refractivity contribution in [1.82, 2.24) is 15.1 Å². The molecule has 2 heterocycles. The van der Waals surface area contributed by atoms with Crippen LogP contribution in [0.3, 0.4) is 0 Å². The molecule has 1 amide bonds. The highest BCUT2D eigenvalue weighted by atomic mass is 32.2. The summed E-state index contributed by atoms with van der Waals surface area (Å²) in [5.41, 5.74) is 0. The third kappa shape index (κ3) is 7.13. The number of aliphatic hydroxyl groups is 1. The average molecular weight is 389 g/mol. The molecule has 4 atom stereocenters. The standard InChI is InChI=1S/C18H36N4O3S/c1-15(11-20-17-5-10-26(19,25)14-17)3-4-16(2)12-21-6-8-22(9-7-21)18(24)13-23/h15-17,19-20,23H,3-14H2,1-2H3/t15?,16?,17-,26+/m0/s1. The molecule has 8 heteroatoms. The van der Waals surface area contributed by atoms with Gasteiger partial charge in [-0.25, -0.2) is 4.21 Å². The van der Waals surface area contributed by atoms with Crippen LogP contribution in [0.15, 0.2) is 0 Å². The Kier molecular flexibility index (Phi) is 8.32. The quantitative estimate of drug-likeness (QED) is 0.537. The van der Waals surface area contributed by atoms with Gasteiger partial charge in [0.2, 0.25) is 5.91 Å². The molecular weight excluding hydrogens is 352 g/mol. The first-order valence-corrected chi connectivity index (χ1v) is 11.8. The Morgan fingerprint density at radius 2 is 1.88 bits per heavy atom. The third-order valence-corrected chi connectivity index (χ3v) is 7.44. The minimum atomic E-state index is -2.30. The highest BCUT2D eigenvalue weighted by molar-refractivity contribution is 7.92. The predicted molar refractivity (Wildman–Crippen MR) is 105 cm³/mol. The van der Waals surface area contributed by atoms with Gasteiger partial charge in [0.25, 0.3) is 0 Å². The second-order valence-corrected chi connectivity index (χ2v) is 10.6. The zero-order valence-electron chi connectivity index (χ0n) is 16.3. The summed E-state index contributed by atoms with van der Waals surface area (Å²) in [6.07, 6.45) is 3.22. The number of hydrogen-bond acceptors (Lipinski definition) is 6. The lowest BCUT2D eigenvalue weighted by Crippen LogP contribution is -2.50. The van der Waals surface area contributed by atoms with E-state index in [0.29, 0.717) is 36.4 Å². The smallest absolute Gasteiger partial charge is 0.248 e. The number of nitrogens with zero attached hydrogens (tertiary/aromatic N) is 2. The lowest BCUT2D eigenvalue weighted by Gasteiger charge is -2.35. The molecule has 3 N–H and O–H groups in total. The van der Waals surface area contributed by atoms with Crippen LogP contribution in [0.5, 0.6) is 0 Å². The number of rotatable bonds is 9. The maximum Gasteiger partial charge on any atom is 0.248 e. The fourth-order valence-corrected chi connectivity index (χ4v) is 5.60. The molecule has 0 spiro atoms. The molecule has 0 aromatic carbocycles. The van der Waals surface area contributed by atoms with E-state index >= 15 is 0 Å². The second-order valence-electron chi connectivity index (χ2n) is 8.20. The van der Waals surface area contributed by atoms with E-state index in [1.165, 1.54) is 12.8 Å². The normalized spacial score (nSPS) is 29.7. The minimum absolute atomic E-state index is 0.164. The third-order valence-electron chi connectivity index (χ3n) is 5.60. The molecule has 0 saturated carbocycles. The Bertz CT molecular complexity index is 547. The molecule has 2 saturated heterocycles. The molecule has 2 aliphatic rings. The Labute approximate surface area is 158 Å². The molecule has 0 aliphatic carbocycles. The van der Waals surface area contributed by atoms with Gasteiger partial charge in [-0.05, 0) is 37.6 Å². The maximum atomic E-state index is 11.7. The topological polar surface area (TPSA) is 96.7 Å². The molecule has 2 fully saturated rings. The first kappa shape index (κ1) is 21.6. The number of hydrogen-bond donors (Lipinski definition) is 3. The molecule has 2 aliphatic heterocycles. The number of carbonyl (C=O) groups excluding carboxylic acids is 1. The first-order chi connectivity index (χ1) is 12.3. The van der Waals surface area contributed by atoms with Gasteiger partial charge in [0, 0.05) is 60.0 Å². The van der Waals surface area contributed by atoms with Gasteiger partial charge in [0.15, 0.2) is 0 Å². The molecule has 7 nitrogen and oxygen atoms in total. The molecule has 2 unspecified atom stereocenters. The monoisotopic (exact) mass is 388 g/mol. The summed E-state index contributed by atoms with van der Waals surface area (Å²) < 4.78 is 19.4.